The molecule has 0 amide bonds. The SMILES string of the molecule is CCOc1cc(/C=c2/sc3n(c2=O)[C@H](c2ccc(OC)c(OC)c2)C2=C(N=3)c3ccccc3CC2)ccc1OCc1ccccc1Cl. The number of methoxy groups -OCH3 is 2. The summed E-state index contributed by atoms with van der Waals surface area (Å²) in [4.78, 5) is 20.1. The van der Waals surface area contributed by atoms with E-state index in [9.17, 15) is 4.79 Å². The van der Waals surface area contributed by atoms with Gasteiger partial charge in [0, 0.05) is 16.1 Å². The van der Waals surface area contributed by atoms with Gasteiger partial charge in [-0.1, -0.05) is 77.5 Å². The van der Waals surface area contributed by atoms with Crippen LogP contribution in [0.4, 0.5) is 0 Å². The van der Waals surface area contributed by atoms with Crippen molar-refractivity contribution in [2.24, 2.45) is 4.99 Å². The van der Waals surface area contributed by atoms with Gasteiger partial charge >= 0.3 is 0 Å². The summed E-state index contributed by atoms with van der Waals surface area (Å²) >= 11 is 7.73. The van der Waals surface area contributed by atoms with Crippen molar-refractivity contribution in [3.05, 3.63) is 143 Å². The summed E-state index contributed by atoms with van der Waals surface area (Å²) < 4.78 is 25.7. The Labute approximate surface area is 281 Å². The average Bonchev–Trinajstić information content (AvgIpc) is 3.41. The molecule has 0 radical (unpaired) electrons. The van der Waals surface area contributed by atoms with E-state index in [4.69, 9.17) is 35.5 Å². The molecular weight excluding hydrogens is 632 g/mol. The molecule has 7 nitrogen and oxygen atoms in total. The van der Waals surface area contributed by atoms with Crippen LogP contribution in [-0.4, -0.2) is 25.4 Å². The highest BCUT2D eigenvalue weighted by atomic mass is 35.5. The van der Waals surface area contributed by atoms with Crippen molar-refractivity contribution < 1.29 is 18.9 Å². The summed E-state index contributed by atoms with van der Waals surface area (Å²) in [6.45, 7) is 2.70. The molecule has 9 heteroatoms. The standard InChI is InChI=1S/C38H33ClN2O5S/c1-4-45-33-19-23(13-17-31(33)46-22-26-10-6-8-12-29(26)39)20-34-37(42)41-36(25-15-18-30(43-2)32(21-25)44-3)28-16-14-24-9-5-7-11-27(24)35(28)40-38(41)47-34/h5-13,15,17-21,36H,4,14,16,22H2,1-3H3/b34-20+/t36-/m1/s1. The number of halogens is 1. The van der Waals surface area contributed by atoms with E-state index >= 15 is 0 Å². The highest BCUT2D eigenvalue weighted by molar-refractivity contribution is 7.07. The first-order valence-electron chi connectivity index (χ1n) is 15.5. The van der Waals surface area contributed by atoms with Crippen LogP contribution >= 0.6 is 22.9 Å². The van der Waals surface area contributed by atoms with Crippen LogP contribution in [-0.2, 0) is 13.0 Å². The van der Waals surface area contributed by atoms with Gasteiger partial charge in [0.05, 0.1) is 37.1 Å². The van der Waals surface area contributed by atoms with Crippen molar-refractivity contribution in [1.82, 2.24) is 4.57 Å². The molecule has 4 aromatic carbocycles. The number of benzene rings is 4. The number of hydrogen-bond acceptors (Lipinski definition) is 7. The Balaban J connectivity index is 1.33. The van der Waals surface area contributed by atoms with Gasteiger partial charge in [-0.15, -0.1) is 0 Å². The number of allylic oxidation sites excluding steroid dienone is 1. The lowest BCUT2D eigenvalue weighted by Crippen LogP contribution is -2.38. The van der Waals surface area contributed by atoms with Gasteiger partial charge in [0.2, 0.25) is 0 Å². The van der Waals surface area contributed by atoms with Crippen LogP contribution in [0, 0.1) is 0 Å². The highest BCUT2D eigenvalue weighted by Crippen LogP contribution is 2.43. The van der Waals surface area contributed by atoms with E-state index in [2.05, 4.69) is 18.2 Å². The molecule has 0 unspecified atom stereocenters. The van der Waals surface area contributed by atoms with Gasteiger partial charge in [0.15, 0.2) is 27.8 Å². The second-order valence-electron chi connectivity index (χ2n) is 11.2. The third kappa shape index (κ3) is 5.83. The minimum Gasteiger partial charge on any atom is -0.493 e. The van der Waals surface area contributed by atoms with Crippen LogP contribution in [0.1, 0.15) is 47.2 Å². The molecule has 1 aliphatic carbocycles. The lowest BCUT2D eigenvalue weighted by atomic mass is 9.83. The Morgan fingerprint density at radius 3 is 2.49 bits per heavy atom. The van der Waals surface area contributed by atoms with Crippen LogP contribution in [0.3, 0.4) is 0 Å². The molecular formula is C38H33ClN2O5S. The minimum atomic E-state index is -0.337. The second-order valence-corrected chi connectivity index (χ2v) is 12.7. The van der Waals surface area contributed by atoms with Gasteiger partial charge in [0.25, 0.3) is 5.56 Å². The lowest BCUT2D eigenvalue weighted by Gasteiger charge is -2.31. The molecule has 0 fully saturated rings. The Morgan fingerprint density at radius 1 is 0.894 bits per heavy atom. The molecule has 238 valence electrons. The monoisotopic (exact) mass is 664 g/mol. The quantitative estimate of drug-likeness (QED) is 0.170. The first-order valence-corrected chi connectivity index (χ1v) is 16.7. The summed E-state index contributed by atoms with van der Waals surface area (Å²) in [5.41, 5.74) is 6.99. The summed E-state index contributed by atoms with van der Waals surface area (Å²) in [6, 6.07) is 27.2. The molecule has 5 aromatic rings. The predicted octanol–water partition coefficient (Wildman–Crippen LogP) is 6.97. The number of aryl methyl sites for hydroxylation is 1. The first kappa shape index (κ1) is 30.8. The van der Waals surface area contributed by atoms with Crippen molar-refractivity contribution in [1.29, 1.82) is 0 Å². The molecule has 1 aliphatic heterocycles. The van der Waals surface area contributed by atoms with E-state index in [-0.39, 0.29) is 11.6 Å². The van der Waals surface area contributed by atoms with Crippen molar-refractivity contribution in [3.63, 3.8) is 0 Å². The van der Waals surface area contributed by atoms with Gasteiger partial charge in [0.1, 0.15) is 6.61 Å². The molecule has 0 bridgehead atoms. The van der Waals surface area contributed by atoms with Gasteiger partial charge < -0.3 is 18.9 Å². The van der Waals surface area contributed by atoms with Crippen molar-refractivity contribution in [3.8, 4) is 23.0 Å². The Kier molecular flexibility index (Phi) is 8.62. The van der Waals surface area contributed by atoms with Crippen LogP contribution < -0.4 is 33.8 Å². The number of aromatic nitrogens is 1. The second kappa shape index (κ2) is 13.1. The molecule has 0 N–H and O–H groups in total. The first-order chi connectivity index (χ1) is 23.0. The van der Waals surface area contributed by atoms with E-state index in [1.54, 1.807) is 14.2 Å². The van der Waals surface area contributed by atoms with E-state index in [0.717, 1.165) is 46.4 Å². The molecule has 2 aliphatic rings. The molecule has 7 rings (SSSR count). The fourth-order valence-corrected chi connectivity index (χ4v) is 7.46. The zero-order valence-corrected chi connectivity index (χ0v) is 27.9. The fraction of sp³-hybridized carbons (Fsp3) is 0.211. The van der Waals surface area contributed by atoms with Gasteiger partial charge in [-0.3, -0.25) is 9.36 Å². The molecule has 2 heterocycles. The number of nitrogens with zero attached hydrogens (tertiary/aromatic N) is 2. The summed E-state index contributed by atoms with van der Waals surface area (Å²) in [7, 11) is 3.24. The maximum Gasteiger partial charge on any atom is 0.271 e. The smallest absolute Gasteiger partial charge is 0.271 e. The molecule has 1 aromatic heterocycles. The predicted molar refractivity (Wildman–Crippen MR) is 186 cm³/mol. The number of rotatable bonds is 9. The Hall–Kier alpha value is -4.79. The van der Waals surface area contributed by atoms with Crippen molar-refractivity contribution in [2.45, 2.75) is 32.4 Å². The topological polar surface area (TPSA) is 71.3 Å². The Morgan fingerprint density at radius 2 is 1.68 bits per heavy atom. The molecule has 0 saturated heterocycles. The largest absolute Gasteiger partial charge is 0.493 e. The van der Waals surface area contributed by atoms with Crippen molar-refractivity contribution >= 4 is 34.7 Å². The van der Waals surface area contributed by atoms with E-state index in [1.807, 2.05) is 84.3 Å². The Bertz CT molecular complexity index is 2200. The summed E-state index contributed by atoms with van der Waals surface area (Å²) in [6.07, 6.45) is 3.57. The van der Waals surface area contributed by atoms with E-state index in [0.29, 0.717) is 50.6 Å². The maximum absolute atomic E-state index is 14.3. The molecule has 1 atom stereocenters. The van der Waals surface area contributed by atoms with Crippen molar-refractivity contribution in [2.75, 3.05) is 20.8 Å². The van der Waals surface area contributed by atoms with Crippen LogP contribution in [0.15, 0.2) is 100 Å². The highest BCUT2D eigenvalue weighted by Gasteiger charge is 2.33. The normalized spacial score (nSPS) is 15.3. The van der Waals surface area contributed by atoms with E-state index in [1.165, 1.54) is 16.9 Å². The summed E-state index contributed by atoms with van der Waals surface area (Å²) in [5, 5.41) is 0.647. The van der Waals surface area contributed by atoms with Gasteiger partial charge in [-0.2, -0.15) is 0 Å². The van der Waals surface area contributed by atoms with Crippen LogP contribution in [0.5, 0.6) is 23.0 Å². The summed E-state index contributed by atoms with van der Waals surface area (Å²) in [5.74, 6) is 2.44. The minimum absolute atomic E-state index is 0.101. The number of hydrogen-bond donors (Lipinski definition) is 0. The third-order valence-corrected chi connectivity index (χ3v) is 9.85. The van der Waals surface area contributed by atoms with E-state index < -0.39 is 0 Å². The average molecular weight is 665 g/mol. The molecule has 0 spiro atoms. The third-order valence-electron chi connectivity index (χ3n) is 8.50. The van der Waals surface area contributed by atoms with Gasteiger partial charge in [-0.05, 0) is 78.4 Å². The maximum atomic E-state index is 14.3. The lowest BCUT2D eigenvalue weighted by molar-refractivity contribution is 0.269. The number of ether oxygens (including phenoxy) is 4. The fourth-order valence-electron chi connectivity index (χ4n) is 6.27. The molecule has 47 heavy (non-hydrogen) atoms. The van der Waals surface area contributed by atoms with Gasteiger partial charge in [-0.25, -0.2) is 4.99 Å². The molecule has 0 saturated carbocycles. The van der Waals surface area contributed by atoms with Crippen LogP contribution in [0.25, 0.3) is 11.8 Å². The zero-order valence-electron chi connectivity index (χ0n) is 26.3. The number of thiazole rings is 1. The number of fused-ring (bicyclic) bond motifs is 3. The zero-order chi connectivity index (χ0) is 32.5. The van der Waals surface area contributed by atoms with Crippen LogP contribution in [0.2, 0.25) is 5.02 Å².